The Labute approximate surface area is 145 Å². The van der Waals surface area contributed by atoms with E-state index in [1.807, 2.05) is 53.4 Å². The molecule has 120 valence electrons. The van der Waals surface area contributed by atoms with Crippen LogP contribution in [0.1, 0.15) is 35.7 Å². The van der Waals surface area contributed by atoms with Crippen molar-refractivity contribution in [1.29, 1.82) is 0 Å². The van der Waals surface area contributed by atoms with E-state index in [9.17, 15) is 4.79 Å². The molecule has 0 spiro atoms. The van der Waals surface area contributed by atoms with Crippen molar-refractivity contribution in [3.8, 4) is 5.75 Å². The maximum atomic E-state index is 12.6. The minimum atomic E-state index is 0.0940. The highest BCUT2D eigenvalue weighted by molar-refractivity contribution is 9.10. The summed E-state index contributed by atoms with van der Waals surface area (Å²) in [5.41, 5.74) is 1.82. The van der Waals surface area contributed by atoms with Gasteiger partial charge in [-0.05, 0) is 59.5 Å². The van der Waals surface area contributed by atoms with Crippen molar-refractivity contribution < 1.29 is 9.53 Å². The van der Waals surface area contributed by atoms with Crippen molar-refractivity contribution >= 4 is 21.8 Å². The first-order valence-electron chi connectivity index (χ1n) is 7.92. The number of amides is 1. The van der Waals surface area contributed by atoms with E-state index in [1.165, 1.54) is 0 Å². The molecule has 1 aliphatic heterocycles. The van der Waals surface area contributed by atoms with Crippen LogP contribution in [0.3, 0.4) is 0 Å². The van der Waals surface area contributed by atoms with Crippen molar-refractivity contribution in [1.82, 2.24) is 4.90 Å². The third-order valence-corrected chi connectivity index (χ3v) is 4.89. The van der Waals surface area contributed by atoms with Crippen LogP contribution in [-0.4, -0.2) is 23.4 Å². The van der Waals surface area contributed by atoms with Crippen LogP contribution in [0.5, 0.6) is 5.75 Å². The lowest BCUT2D eigenvalue weighted by atomic mass is 10.1. The molecule has 0 aromatic heterocycles. The topological polar surface area (TPSA) is 29.5 Å². The van der Waals surface area contributed by atoms with Gasteiger partial charge >= 0.3 is 0 Å². The Balaban J connectivity index is 1.69. The summed E-state index contributed by atoms with van der Waals surface area (Å²) in [7, 11) is 0. The van der Waals surface area contributed by atoms with Gasteiger partial charge in [0.25, 0.3) is 5.91 Å². The van der Waals surface area contributed by atoms with E-state index < -0.39 is 0 Å². The van der Waals surface area contributed by atoms with Gasteiger partial charge in [0.05, 0.1) is 5.56 Å². The second-order valence-corrected chi connectivity index (χ2v) is 6.76. The smallest absolute Gasteiger partial charge is 0.255 e. The second kappa shape index (κ2) is 7.18. The number of carbonyl (C=O) groups is 1. The van der Waals surface area contributed by atoms with Gasteiger partial charge in [-0.15, -0.1) is 0 Å². The molecule has 0 bridgehead atoms. The highest BCUT2D eigenvalue weighted by Gasteiger charge is 2.27. The van der Waals surface area contributed by atoms with Crippen molar-refractivity contribution in [2.24, 2.45) is 0 Å². The molecule has 0 radical (unpaired) electrons. The first kappa shape index (κ1) is 16.1. The molecule has 23 heavy (non-hydrogen) atoms. The normalized spacial score (nSPS) is 17.3. The fourth-order valence-electron chi connectivity index (χ4n) is 2.89. The molecule has 2 aromatic rings. The van der Waals surface area contributed by atoms with Crippen molar-refractivity contribution in [2.45, 2.75) is 32.4 Å². The molecular formula is C19H20BrNO2. The summed E-state index contributed by atoms with van der Waals surface area (Å²) < 4.78 is 6.58. The van der Waals surface area contributed by atoms with Crippen molar-refractivity contribution in [3.05, 3.63) is 64.1 Å². The van der Waals surface area contributed by atoms with Gasteiger partial charge in [-0.3, -0.25) is 4.79 Å². The third kappa shape index (κ3) is 3.75. The predicted molar refractivity (Wildman–Crippen MR) is 94.6 cm³/mol. The van der Waals surface area contributed by atoms with Gasteiger partial charge in [0.1, 0.15) is 12.4 Å². The van der Waals surface area contributed by atoms with Crippen LogP contribution >= 0.6 is 15.9 Å². The van der Waals surface area contributed by atoms with E-state index >= 15 is 0 Å². The first-order valence-corrected chi connectivity index (χ1v) is 8.71. The van der Waals surface area contributed by atoms with Gasteiger partial charge in [-0.2, -0.15) is 0 Å². The zero-order valence-electron chi connectivity index (χ0n) is 13.2. The van der Waals surface area contributed by atoms with Crippen LogP contribution in [0.25, 0.3) is 0 Å². The lowest BCUT2D eigenvalue weighted by Gasteiger charge is -2.22. The zero-order chi connectivity index (χ0) is 16.2. The van der Waals surface area contributed by atoms with Gasteiger partial charge in [-0.25, -0.2) is 0 Å². The average molecular weight is 374 g/mol. The molecule has 1 fully saturated rings. The van der Waals surface area contributed by atoms with E-state index in [1.54, 1.807) is 0 Å². The number of carbonyl (C=O) groups excluding carboxylic acids is 1. The Bertz CT molecular complexity index is 687. The largest absolute Gasteiger partial charge is 0.489 e. The maximum Gasteiger partial charge on any atom is 0.255 e. The van der Waals surface area contributed by atoms with Gasteiger partial charge in [0.2, 0.25) is 0 Å². The summed E-state index contributed by atoms with van der Waals surface area (Å²) in [5, 5.41) is 0. The van der Waals surface area contributed by atoms with Gasteiger partial charge in [0.15, 0.2) is 0 Å². The summed E-state index contributed by atoms with van der Waals surface area (Å²) in [5.74, 6) is 0.850. The molecule has 0 N–H and O–H groups in total. The number of benzene rings is 2. The van der Waals surface area contributed by atoms with Crippen LogP contribution in [0.4, 0.5) is 0 Å². The van der Waals surface area contributed by atoms with E-state index in [2.05, 4.69) is 22.9 Å². The highest BCUT2D eigenvalue weighted by Crippen LogP contribution is 2.27. The third-order valence-electron chi connectivity index (χ3n) is 4.23. The summed E-state index contributed by atoms with van der Waals surface area (Å²) in [6, 6.07) is 15.9. The van der Waals surface area contributed by atoms with Crippen LogP contribution in [0, 0.1) is 0 Å². The lowest BCUT2D eigenvalue weighted by Crippen LogP contribution is -2.33. The molecule has 1 unspecified atom stereocenters. The van der Waals surface area contributed by atoms with Crippen LogP contribution in [-0.2, 0) is 6.61 Å². The van der Waals surface area contributed by atoms with E-state index in [4.69, 9.17) is 4.74 Å². The second-order valence-electron chi connectivity index (χ2n) is 5.91. The SMILES string of the molecule is CC1CCCN1C(=O)c1ccc(OCc2ccccc2)cc1Br. The summed E-state index contributed by atoms with van der Waals surface area (Å²) in [6.45, 7) is 3.47. The number of halogens is 1. The highest BCUT2D eigenvalue weighted by atomic mass is 79.9. The Morgan fingerprint density at radius 1 is 1.26 bits per heavy atom. The monoisotopic (exact) mass is 373 g/mol. The average Bonchev–Trinajstić information content (AvgIpc) is 2.99. The molecule has 0 saturated carbocycles. The summed E-state index contributed by atoms with van der Waals surface area (Å²) in [4.78, 5) is 14.6. The summed E-state index contributed by atoms with van der Waals surface area (Å²) >= 11 is 3.51. The molecule has 1 amide bonds. The number of hydrogen-bond donors (Lipinski definition) is 0. The van der Waals surface area contributed by atoms with Crippen molar-refractivity contribution in [2.75, 3.05) is 6.54 Å². The Morgan fingerprint density at radius 3 is 2.70 bits per heavy atom. The lowest BCUT2D eigenvalue weighted by molar-refractivity contribution is 0.0746. The molecule has 0 aliphatic carbocycles. The van der Waals surface area contributed by atoms with Crippen molar-refractivity contribution in [3.63, 3.8) is 0 Å². The molecule has 1 saturated heterocycles. The van der Waals surface area contributed by atoms with Gasteiger partial charge in [0, 0.05) is 17.1 Å². The first-order chi connectivity index (χ1) is 11.1. The van der Waals surface area contributed by atoms with E-state index in [0.29, 0.717) is 18.2 Å². The molecular weight excluding hydrogens is 354 g/mol. The molecule has 4 heteroatoms. The molecule has 2 aromatic carbocycles. The predicted octanol–water partition coefficient (Wildman–Crippen LogP) is 4.65. The number of nitrogens with zero attached hydrogens (tertiary/aromatic N) is 1. The minimum Gasteiger partial charge on any atom is -0.489 e. The van der Waals surface area contributed by atoms with E-state index in [-0.39, 0.29) is 5.91 Å². The maximum absolute atomic E-state index is 12.6. The Kier molecular flexibility index (Phi) is 5.01. The fraction of sp³-hybridized carbons (Fsp3) is 0.316. The molecule has 1 aliphatic rings. The molecule has 1 atom stereocenters. The van der Waals surface area contributed by atoms with Crippen LogP contribution < -0.4 is 4.74 Å². The van der Waals surface area contributed by atoms with Crippen LogP contribution in [0.15, 0.2) is 53.0 Å². The number of ether oxygens (including phenoxy) is 1. The molecule has 3 rings (SSSR count). The Morgan fingerprint density at radius 2 is 2.04 bits per heavy atom. The minimum absolute atomic E-state index is 0.0940. The summed E-state index contributed by atoms with van der Waals surface area (Å²) in [6.07, 6.45) is 2.17. The van der Waals surface area contributed by atoms with Crippen LogP contribution in [0.2, 0.25) is 0 Å². The number of hydrogen-bond acceptors (Lipinski definition) is 2. The number of likely N-dealkylation sites (tertiary alicyclic amines) is 1. The molecule has 3 nitrogen and oxygen atoms in total. The van der Waals surface area contributed by atoms with Gasteiger partial charge in [-0.1, -0.05) is 30.3 Å². The molecule has 1 heterocycles. The fourth-order valence-corrected chi connectivity index (χ4v) is 3.42. The van der Waals surface area contributed by atoms with Gasteiger partial charge < -0.3 is 9.64 Å². The zero-order valence-corrected chi connectivity index (χ0v) is 14.8. The standard InChI is InChI=1S/C19H20BrNO2/c1-14-6-5-11-21(14)19(22)17-10-9-16(12-18(17)20)23-13-15-7-3-2-4-8-15/h2-4,7-10,12,14H,5-6,11,13H2,1H3. The van der Waals surface area contributed by atoms with E-state index in [0.717, 1.165) is 35.2 Å². The Hall–Kier alpha value is -1.81. The quantitative estimate of drug-likeness (QED) is 0.780. The number of rotatable bonds is 4.